The molecule has 1 aliphatic carbocycles. The molecule has 138 valence electrons. The number of rotatable bonds is 9. The molecule has 0 aromatic carbocycles. The first-order chi connectivity index (χ1) is 12.5. The molecule has 0 amide bonds. The van der Waals surface area contributed by atoms with E-state index in [1.807, 2.05) is 18.2 Å². The van der Waals surface area contributed by atoms with E-state index in [1.54, 1.807) is 25.2 Å². The van der Waals surface area contributed by atoms with Crippen LogP contribution in [0.25, 0.3) is 0 Å². The van der Waals surface area contributed by atoms with E-state index in [-0.39, 0.29) is 24.8 Å². The summed E-state index contributed by atoms with van der Waals surface area (Å²) in [6.07, 6.45) is 16.1. The molecule has 0 saturated carbocycles. The van der Waals surface area contributed by atoms with E-state index in [0.717, 1.165) is 24.0 Å². The smallest absolute Gasteiger partial charge is 0.315 e. The van der Waals surface area contributed by atoms with Gasteiger partial charge in [-0.3, -0.25) is 9.59 Å². The minimum absolute atomic E-state index is 0.177. The Bertz CT molecular complexity index is 700. The Labute approximate surface area is 155 Å². The van der Waals surface area contributed by atoms with E-state index >= 15 is 0 Å². The summed E-state index contributed by atoms with van der Waals surface area (Å²) in [4.78, 5) is 23.0. The minimum atomic E-state index is -0.334. The highest BCUT2D eigenvalue weighted by molar-refractivity contribution is 5.73. The molecule has 0 spiro atoms. The third-order valence-electron chi connectivity index (χ3n) is 3.51. The van der Waals surface area contributed by atoms with Crippen molar-refractivity contribution in [2.75, 3.05) is 0 Å². The van der Waals surface area contributed by atoms with Crippen molar-refractivity contribution in [3.63, 3.8) is 0 Å². The summed E-state index contributed by atoms with van der Waals surface area (Å²) in [6.45, 7) is 10.8. The van der Waals surface area contributed by atoms with Gasteiger partial charge in [-0.25, -0.2) is 0 Å². The van der Waals surface area contributed by atoms with E-state index in [0.29, 0.717) is 11.5 Å². The number of ether oxygens (including phenoxy) is 2. The number of esters is 2. The van der Waals surface area contributed by atoms with Crippen molar-refractivity contribution in [3.8, 4) is 0 Å². The van der Waals surface area contributed by atoms with Gasteiger partial charge in [-0.15, -0.1) is 13.2 Å². The molecule has 26 heavy (non-hydrogen) atoms. The molecule has 4 heteroatoms. The van der Waals surface area contributed by atoms with Crippen LogP contribution in [0.3, 0.4) is 0 Å². The van der Waals surface area contributed by atoms with Crippen LogP contribution >= 0.6 is 0 Å². The van der Waals surface area contributed by atoms with Crippen LogP contribution in [0.5, 0.6) is 0 Å². The summed E-state index contributed by atoms with van der Waals surface area (Å²) in [6, 6.07) is 0. The number of carbonyl (C=O) groups is 2. The number of allylic oxidation sites excluding steroid dienone is 9. The summed E-state index contributed by atoms with van der Waals surface area (Å²) in [7, 11) is 0. The average Bonchev–Trinajstić information content (AvgIpc) is 2.81. The quantitative estimate of drug-likeness (QED) is 0.246. The lowest BCUT2D eigenvalue weighted by molar-refractivity contribution is -0.139. The second kappa shape index (κ2) is 11.6. The van der Waals surface area contributed by atoms with Crippen LogP contribution in [0, 0.1) is 0 Å². The highest BCUT2D eigenvalue weighted by atomic mass is 16.5. The van der Waals surface area contributed by atoms with E-state index < -0.39 is 0 Å². The first kappa shape index (κ1) is 21.2. The second-order valence-electron chi connectivity index (χ2n) is 5.62. The predicted molar refractivity (Wildman–Crippen MR) is 104 cm³/mol. The lowest BCUT2D eigenvalue weighted by Gasteiger charge is -2.07. The molecular weight excluding hydrogens is 328 g/mol. The minimum Gasteiger partial charge on any atom is -0.431 e. The first-order valence-electron chi connectivity index (χ1n) is 8.58. The van der Waals surface area contributed by atoms with Crippen molar-refractivity contribution in [2.45, 2.75) is 39.5 Å². The van der Waals surface area contributed by atoms with Crippen LogP contribution in [0.2, 0.25) is 0 Å². The van der Waals surface area contributed by atoms with Gasteiger partial charge in [0, 0.05) is 0 Å². The summed E-state index contributed by atoms with van der Waals surface area (Å²) >= 11 is 0. The van der Waals surface area contributed by atoms with E-state index in [1.165, 1.54) is 12.2 Å². The molecule has 0 atom stereocenters. The molecule has 0 aromatic heterocycles. The Morgan fingerprint density at radius 2 is 1.81 bits per heavy atom. The van der Waals surface area contributed by atoms with Crippen LogP contribution in [-0.4, -0.2) is 11.9 Å². The Morgan fingerprint density at radius 1 is 1.12 bits per heavy atom. The molecular formula is C22H26O4. The lowest BCUT2D eigenvalue weighted by atomic mass is 10.00. The van der Waals surface area contributed by atoms with Gasteiger partial charge in [0.25, 0.3) is 0 Å². The van der Waals surface area contributed by atoms with Gasteiger partial charge in [-0.2, -0.15) is 0 Å². The summed E-state index contributed by atoms with van der Waals surface area (Å²) < 4.78 is 10.4. The SMILES string of the molecule is C=CCC(=O)OC1=CC=C(/C(=C/C=C(\C)OC(=O)CC=C)CC)CC=C1. The third-order valence-corrected chi connectivity index (χ3v) is 3.51. The highest BCUT2D eigenvalue weighted by Gasteiger charge is 2.07. The maximum absolute atomic E-state index is 11.6. The van der Waals surface area contributed by atoms with Gasteiger partial charge < -0.3 is 9.47 Å². The zero-order valence-electron chi connectivity index (χ0n) is 15.5. The van der Waals surface area contributed by atoms with Crippen molar-refractivity contribution < 1.29 is 19.1 Å². The monoisotopic (exact) mass is 354 g/mol. The molecule has 0 radical (unpaired) electrons. The van der Waals surface area contributed by atoms with Crippen molar-refractivity contribution in [1.82, 2.24) is 0 Å². The molecule has 0 N–H and O–H groups in total. The molecule has 0 unspecified atom stereocenters. The van der Waals surface area contributed by atoms with Gasteiger partial charge in [-0.05, 0) is 49.1 Å². The molecule has 4 nitrogen and oxygen atoms in total. The topological polar surface area (TPSA) is 52.6 Å². The van der Waals surface area contributed by atoms with Crippen molar-refractivity contribution in [2.24, 2.45) is 0 Å². The van der Waals surface area contributed by atoms with Gasteiger partial charge >= 0.3 is 11.9 Å². The summed E-state index contributed by atoms with van der Waals surface area (Å²) in [5, 5.41) is 0. The number of carbonyl (C=O) groups excluding carboxylic acids is 2. The number of hydrogen-bond acceptors (Lipinski definition) is 4. The molecule has 0 aromatic rings. The fourth-order valence-electron chi connectivity index (χ4n) is 2.25. The van der Waals surface area contributed by atoms with Crippen LogP contribution in [0.15, 0.2) is 84.4 Å². The van der Waals surface area contributed by atoms with Gasteiger partial charge in [0.1, 0.15) is 11.5 Å². The van der Waals surface area contributed by atoms with Gasteiger partial charge in [0.2, 0.25) is 0 Å². The summed E-state index contributed by atoms with van der Waals surface area (Å²) in [5.41, 5.74) is 2.23. The lowest BCUT2D eigenvalue weighted by Crippen LogP contribution is -2.00. The standard InChI is InChI=1S/C22H26O4/c1-5-9-21(23)25-17(4)13-14-18(7-3)19-11-8-12-20(16-15-19)26-22(24)10-6-2/h5-6,8,12-16H,1-2,7,9-11H2,3-4H3/b17-13+,18-14+. The highest BCUT2D eigenvalue weighted by Crippen LogP contribution is 2.22. The van der Waals surface area contributed by atoms with Gasteiger partial charge in [0.15, 0.2) is 0 Å². The van der Waals surface area contributed by atoms with Gasteiger partial charge in [0.05, 0.1) is 12.8 Å². The maximum Gasteiger partial charge on any atom is 0.315 e. The molecule has 1 rings (SSSR count). The van der Waals surface area contributed by atoms with Crippen molar-refractivity contribution in [1.29, 1.82) is 0 Å². The zero-order chi connectivity index (χ0) is 19.4. The molecule has 0 aliphatic heterocycles. The molecule has 0 bridgehead atoms. The van der Waals surface area contributed by atoms with Crippen LogP contribution in [-0.2, 0) is 19.1 Å². The fourth-order valence-corrected chi connectivity index (χ4v) is 2.25. The van der Waals surface area contributed by atoms with Crippen LogP contribution in [0.4, 0.5) is 0 Å². The Hall–Kier alpha value is -2.88. The maximum atomic E-state index is 11.6. The average molecular weight is 354 g/mol. The Kier molecular flexibility index (Phi) is 9.47. The third kappa shape index (κ3) is 7.79. The zero-order valence-corrected chi connectivity index (χ0v) is 15.5. The van der Waals surface area contributed by atoms with Crippen LogP contribution in [0.1, 0.15) is 39.5 Å². The van der Waals surface area contributed by atoms with Crippen molar-refractivity contribution >= 4 is 11.9 Å². The first-order valence-corrected chi connectivity index (χ1v) is 8.58. The van der Waals surface area contributed by atoms with Gasteiger partial charge in [-0.1, -0.05) is 37.3 Å². The normalized spacial score (nSPS) is 14.7. The molecule has 0 fully saturated rings. The predicted octanol–water partition coefficient (Wildman–Crippen LogP) is 5.24. The van der Waals surface area contributed by atoms with Crippen molar-refractivity contribution in [3.05, 3.63) is 84.4 Å². The van der Waals surface area contributed by atoms with E-state index in [9.17, 15) is 9.59 Å². The Balaban J connectivity index is 2.87. The fraction of sp³-hybridized carbons (Fsp3) is 0.273. The van der Waals surface area contributed by atoms with E-state index in [4.69, 9.17) is 9.47 Å². The number of hydrogen-bond donors (Lipinski definition) is 0. The second-order valence-corrected chi connectivity index (χ2v) is 5.62. The Morgan fingerprint density at radius 3 is 2.46 bits per heavy atom. The summed E-state index contributed by atoms with van der Waals surface area (Å²) in [5.74, 6) is 0.374. The molecule has 0 saturated heterocycles. The van der Waals surface area contributed by atoms with E-state index in [2.05, 4.69) is 20.1 Å². The van der Waals surface area contributed by atoms with Crippen LogP contribution < -0.4 is 0 Å². The largest absolute Gasteiger partial charge is 0.431 e. The molecule has 0 heterocycles. The molecule has 1 aliphatic rings.